The van der Waals surface area contributed by atoms with Gasteiger partial charge in [-0.05, 0) is 109 Å². The Morgan fingerprint density at radius 3 is 0.873 bits per heavy atom. The van der Waals surface area contributed by atoms with Crippen LogP contribution in [-0.4, -0.2) is 37.2 Å². The normalized spacial score (nSPS) is 13.0. The molecule has 0 aliphatic carbocycles. The van der Waals surface area contributed by atoms with Crippen LogP contribution in [0.4, 0.5) is 0 Å². The molecule has 402 valence electrons. The summed E-state index contributed by atoms with van der Waals surface area (Å²) in [6.45, 7) is 6.36. The first-order chi connectivity index (χ1) is 35.0. The summed E-state index contributed by atoms with van der Waals surface area (Å²) in [5.41, 5.74) is 0. The van der Waals surface area contributed by atoms with E-state index in [1.165, 1.54) is 77.0 Å². The summed E-state index contributed by atoms with van der Waals surface area (Å²) in [7, 11) is 0. The van der Waals surface area contributed by atoms with Crippen LogP contribution in [0.2, 0.25) is 0 Å². The van der Waals surface area contributed by atoms with Crippen molar-refractivity contribution in [1.82, 2.24) is 0 Å². The van der Waals surface area contributed by atoms with Crippen molar-refractivity contribution < 1.29 is 28.6 Å². The molecule has 0 fully saturated rings. The van der Waals surface area contributed by atoms with E-state index in [0.717, 1.165) is 135 Å². The van der Waals surface area contributed by atoms with Gasteiger partial charge in [-0.2, -0.15) is 0 Å². The van der Waals surface area contributed by atoms with Crippen LogP contribution in [0.15, 0.2) is 122 Å². The third-order valence-corrected chi connectivity index (χ3v) is 12.0. The van der Waals surface area contributed by atoms with Crippen LogP contribution >= 0.6 is 0 Å². The summed E-state index contributed by atoms with van der Waals surface area (Å²) in [5, 5.41) is 0. The molecule has 0 spiro atoms. The Bertz CT molecular complexity index is 1500. The lowest BCUT2D eigenvalue weighted by atomic mass is 10.1. The highest BCUT2D eigenvalue weighted by Crippen LogP contribution is 2.14. The van der Waals surface area contributed by atoms with Gasteiger partial charge in [0, 0.05) is 19.3 Å². The summed E-state index contributed by atoms with van der Waals surface area (Å²) in [4.78, 5) is 38.1. The predicted octanol–water partition coefficient (Wildman–Crippen LogP) is 19.6. The minimum atomic E-state index is -0.799. The highest BCUT2D eigenvalue weighted by Gasteiger charge is 2.19. The Morgan fingerprint density at radius 2 is 0.549 bits per heavy atom. The fourth-order valence-electron chi connectivity index (χ4n) is 7.67. The van der Waals surface area contributed by atoms with Gasteiger partial charge in [0.05, 0.1) is 0 Å². The average molecular weight is 984 g/mol. The van der Waals surface area contributed by atoms with Crippen LogP contribution in [0.25, 0.3) is 0 Å². The molecule has 0 amide bonds. The average Bonchev–Trinajstić information content (AvgIpc) is 3.37. The van der Waals surface area contributed by atoms with Gasteiger partial charge in [0.15, 0.2) is 6.10 Å². The van der Waals surface area contributed by atoms with E-state index < -0.39 is 6.10 Å². The van der Waals surface area contributed by atoms with Gasteiger partial charge in [0.25, 0.3) is 0 Å². The minimum Gasteiger partial charge on any atom is -0.462 e. The van der Waals surface area contributed by atoms with E-state index in [9.17, 15) is 14.4 Å². The third-order valence-electron chi connectivity index (χ3n) is 12.0. The standard InChI is InChI=1S/C65H106O6/c1-4-7-10-13-16-19-21-23-25-27-29-30-31-32-33-34-36-37-39-41-43-46-49-52-55-58-64(67)70-61-62(60-69-63(66)57-54-51-48-45-18-15-12-9-6-3)71-65(68)59-56-53-50-47-44-42-40-38-35-28-26-24-22-20-17-14-11-8-5-2/h7-8,10-11,16-17,19-20,23-26,29-30,32-33,35,38,42,44,62H,4-6,9,12-15,18,21-22,27-28,31,34,36-37,39-41,43,45-61H2,1-3H3/b10-7-,11-8-,19-16-,20-17-,25-23-,26-24-,30-29-,33-32-,38-35-,44-42-. The smallest absolute Gasteiger partial charge is 0.306 e. The van der Waals surface area contributed by atoms with Crippen molar-refractivity contribution in [2.24, 2.45) is 0 Å². The molecule has 0 aromatic heterocycles. The van der Waals surface area contributed by atoms with E-state index in [1.54, 1.807) is 0 Å². The van der Waals surface area contributed by atoms with Crippen LogP contribution in [0, 0.1) is 0 Å². The molecule has 0 bridgehead atoms. The maximum absolute atomic E-state index is 12.8. The highest BCUT2D eigenvalue weighted by molar-refractivity contribution is 5.71. The lowest BCUT2D eigenvalue weighted by Gasteiger charge is -2.18. The summed E-state index contributed by atoms with van der Waals surface area (Å²) < 4.78 is 16.8. The second-order valence-corrected chi connectivity index (χ2v) is 18.8. The topological polar surface area (TPSA) is 78.9 Å². The number of esters is 3. The van der Waals surface area contributed by atoms with Crippen molar-refractivity contribution >= 4 is 17.9 Å². The number of ether oxygens (including phenoxy) is 3. The molecule has 0 aromatic carbocycles. The van der Waals surface area contributed by atoms with Crippen LogP contribution in [0.1, 0.15) is 252 Å². The summed E-state index contributed by atoms with van der Waals surface area (Å²) in [6.07, 6.45) is 80.5. The van der Waals surface area contributed by atoms with E-state index in [0.29, 0.717) is 12.8 Å². The zero-order valence-corrected chi connectivity index (χ0v) is 45.9. The monoisotopic (exact) mass is 983 g/mol. The van der Waals surface area contributed by atoms with E-state index in [2.05, 4.69) is 142 Å². The van der Waals surface area contributed by atoms with Crippen molar-refractivity contribution in [2.75, 3.05) is 13.2 Å². The van der Waals surface area contributed by atoms with Crippen LogP contribution in [-0.2, 0) is 28.6 Å². The first-order valence-electron chi connectivity index (χ1n) is 29.0. The Labute approximate surface area is 437 Å². The molecule has 71 heavy (non-hydrogen) atoms. The van der Waals surface area contributed by atoms with Gasteiger partial charge in [-0.1, -0.05) is 245 Å². The number of rotatable bonds is 51. The van der Waals surface area contributed by atoms with Crippen molar-refractivity contribution in [3.05, 3.63) is 122 Å². The molecule has 6 nitrogen and oxygen atoms in total. The molecule has 0 heterocycles. The summed E-state index contributed by atoms with van der Waals surface area (Å²) in [5.74, 6) is -0.937. The van der Waals surface area contributed by atoms with Gasteiger partial charge in [0.1, 0.15) is 13.2 Å². The van der Waals surface area contributed by atoms with Gasteiger partial charge in [-0.15, -0.1) is 0 Å². The van der Waals surface area contributed by atoms with Crippen molar-refractivity contribution in [3.63, 3.8) is 0 Å². The third kappa shape index (κ3) is 56.6. The Morgan fingerprint density at radius 1 is 0.296 bits per heavy atom. The summed E-state index contributed by atoms with van der Waals surface area (Å²) in [6, 6.07) is 0. The molecular formula is C65H106O6. The second-order valence-electron chi connectivity index (χ2n) is 18.8. The van der Waals surface area contributed by atoms with Gasteiger partial charge in [-0.3, -0.25) is 14.4 Å². The van der Waals surface area contributed by atoms with E-state index in [4.69, 9.17) is 14.2 Å². The van der Waals surface area contributed by atoms with Gasteiger partial charge in [-0.25, -0.2) is 0 Å². The Kier molecular flexibility index (Phi) is 54.9. The molecule has 1 unspecified atom stereocenters. The lowest BCUT2D eigenvalue weighted by molar-refractivity contribution is -0.167. The molecule has 1 atom stereocenters. The number of hydrogen-bond donors (Lipinski definition) is 0. The molecule has 0 rings (SSSR count). The molecule has 0 N–H and O–H groups in total. The number of hydrogen-bond acceptors (Lipinski definition) is 6. The minimum absolute atomic E-state index is 0.0945. The van der Waals surface area contributed by atoms with Gasteiger partial charge in [0.2, 0.25) is 0 Å². The molecule has 0 aliphatic heterocycles. The van der Waals surface area contributed by atoms with E-state index >= 15 is 0 Å². The van der Waals surface area contributed by atoms with Crippen molar-refractivity contribution in [1.29, 1.82) is 0 Å². The molecule has 0 saturated carbocycles. The maximum atomic E-state index is 12.8. The predicted molar refractivity (Wildman–Crippen MR) is 306 cm³/mol. The second kappa shape index (κ2) is 58.4. The van der Waals surface area contributed by atoms with Crippen molar-refractivity contribution in [2.45, 2.75) is 258 Å². The maximum Gasteiger partial charge on any atom is 0.306 e. The fraction of sp³-hybridized carbons (Fsp3) is 0.646. The molecule has 0 aliphatic rings. The fourth-order valence-corrected chi connectivity index (χ4v) is 7.67. The zero-order valence-electron chi connectivity index (χ0n) is 45.9. The van der Waals surface area contributed by atoms with Crippen LogP contribution in [0.5, 0.6) is 0 Å². The highest BCUT2D eigenvalue weighted by atomic mass is 16.6. The number of unbranched alkanes of at least 4 members (excludes halogenated alkanes) is 20. The first-order valence-corrected chi connectivity index (χ1v) is 29.0. The molecule has 0 radical (unpaired) electrons. The van der Waals surface area contributed by atoms with Gasteiger partial charge < -0.3 is 14.2 Å². The summed E-state index contributed by atoms with van der Waals surface area (Å²) >= 11 is 0. The number of carbonyl (C=O) groups excluding carboxylic acids is 3. The zero-order chi connectivity index (χ0) is 51.4. The van der Waals surface area contributed by atoms with E-state index in [-0.39, 0.29) is 37.5 Å². The van der Waals surface area contributed by atoms with Crippen LogP contribution in [0.3, 0.4) is 0 Å². The Hall–Kier alpha value is -4.19. The van der Waals surface area contributed by atoms with Crippen LogP contribution < -0.4 is 0 Å². The van der Waals surface area contributed by atoms with E-state index in [1.807, 2.05) is 0 Å². The molecule has 0 saturated heterocycles. The largest absolute Gasteiger partial charge is 0.462 e. The molecule has 6 heteroatoms. The van der Waals surface area contributed by atoms with Gasteiger partial charge >= 0.3 is 17.9 Å². The van der Waals surface area contributed by atoms with Crippen molar-refractivity contribution in [3.8, 4) is 0 Å². The molecule has 0 aromatic rings. The Balaban J connectivity index is 4.33. The quantitative estimate of drug-likeness (QED) is 0.0261. The first kappa shape index (κ1) is 66.8. The lowest BCUT2D eigenvalue weighted by Crippen LogP contribution is -2.30. The SMILES string of the molecule is CC/C=C\C/C=C\C/C=C\C/C=C\C/C=C\CCCCCCCCCCCC(=O)OCC(COC(=O)CCCCCCCCCCC)OC(=O)CCCCC/C=C\C/C=C\C/C=C\C/C=C\C/C=C\CC. The molecular weight excluding hydrogens is 877 g/mol. The number of carbonyl (C=O) groups is 3. The number of allylic oxidation sites excluding steroid dienone is 20.